The second kappa shape index (κ2) is 5.87. The summed E-state index contributed by atoms with van der Waals surface area (Å²) in [6, 6.07) is 8.36. The zero-order valence-corrected chi connectivity index (χ0v) is 10.5. The van der Waals surface area contributed by atoms with Gasteiger partial charge in [0.25, 0.3) is 0 Å². The molecule has 0 aliphatic carbocycles. The van der Waals surface area contributed by atoms with Crippen LogP contribution in [0, 0.1) is 0 Å². The maximum absolute atomic E-state index is 5.90. The first-order chi connectivity index (χ1) is 7.54. The van der Waals surface area contributed by atoms with Crippen molar-refractivity contribution in [2.75, 3.05) is 7.05 Å². The van der Waals surface area contributed by atoms with Crippen LogP contribution in [0.1, 0.15) is 32.4 Å². The summed E-state index contributed by atoms with van der Waals surface area (Å²) in [6.07, 6.45) is 0.208. The number of hydrogen-bond acceptors (Lipinski definition) is 3. The summed E-state index contributed by atoms with van der Waals surface area (Å²) in [5.74, 6) is 0.901. The number of benzene rings is 1. The van der Waals surface area contributed by atoms with Crippen molar-refractivity contribution < 1.29 is 4.74 Å². The van der Waals surface area contributed by atoms with Crippen molar-refractivity contribution in [2.24, 2.45) is 5.73 Å². The van der Waals surface area contributed by atoms with E-state index in [4.69, 9.17) is 10.5 Å². The van der Waals surface area contributed by atoms with Crippen molar-refractivity contribution in [1.82, 2.24) is 5.32 Å². The first-order valence-corrected chi connectivity index (χ1v) is 5.74. The van der Waals surface area contributed by atoms with Crippen LogP contribution in [0.4, 0.5) is 0 Å². The third-order valence-corrected chi connectivity index (χ3v) is 2.45. The molecule has 1 aromatic rings. The van der Waals surface area contributed by atoms with Crippen LogP contribution >= 0.6 is 0 Å². The highest BCUT2D eigenvalue weighted by atomic mass is 16.5. The summed E-state index contributed by atoms with van der Waals surface area (Å²) in [4.78, 5) is 0. The van der Waals surface area contributed by atoms with Crippen LogP contribution in [-0.4, -0.2) is 19.2 Å². The predicted molar refractivity (Wildman–Crippen MR) is 67.7 cm³/mol. The molecule has 3 nitrogen and oxygen atoms in total. The monoisotopic (exact) mass is 222 g/mol. The third kappa shape index (κ3) is 3.51. The predicted octanol–water partition coefficient (Wildman–Crippen LogP) is 2.08. The number of nitrogens with one attached hydrogen (secondary N) is 1. The molecule has 0 bridgehead atoms. The highest BCUT2D eigenvalue weighted by Crippen LogP contribution is 2.20. The Bertz CT molecular complexity index is 306. The van der Waals surface area contributed by atoms with Crippen LogP contribution in [-0.2, 0) is 0 Å². The van der Waals surface area contributed by atoms with Gasteiger partial charge in [0.2, 0.25) is 0 Å². The Morgan fingerprint density at radius 2 is 1.69 bits per heavy atom. The molecule has 90 valence electrons. The van der Waals surface area contributed by atoms with Crippen molar-refractivity contribution in [3.8, 4) is 5.75 Å². The van der Waals surface area contributed by atoms with E-state index >= 15 is 0 Å². The van der Waals surface area contributed by atoms with Crippen LogP contribution in [0.2, 0.25) is 0 Å². The Kier molecular flexibility index (Phi) is 4.77. The lowest BCUT2D eigenvalue weighted by atomic mass is 10.0. The molecule has 0 spiro atoms. The van der Waals surface area contributed by atoms with Gasteiger partial charge in [0, 0.05) is 12.1 Å². The molecule has 0 heterocycles. The van der Waals surface area contributed by atoms with Gasteiger partial charge in [0.1, 0.15) is 5.75 Å². The van der Waals surface area contributed by atoms with Gasteiger partial charge in [-0.15, -0.1) is 0 Å². The Labute approximate surface area is 98.0 Å². The molecule has 3 N–H and O–H groups in total. The average molecular weight is 222 g/mol. The van der Waals surface area contributed by atoms with Crippen LogP contribution in [0.15, 0.2) is 24.3 Å². The van der Waals surface area contributed by atoms with Gasteiger partial charge in [-0.1, -0.05) is 12.1 Å². The normalized spacial score (nSPS) is 14.9. The first-order valence-electron chi connectivity index (χ1n) is 5.74. The van der Waals surface area contributed by atoms with Crippen LogP contribution in [0.25, 0.3) is 0 Å². The minimum absolute atomic E-state index is 0.0851. The summed E-state index contributed by atoms with van der Waals surface area (Å²) in [6.45, 7) is 6.04. The molecule has 1 aromatic carbocycles. The molecule has 0 fully saturated rings. The average Bonchev–Trinajstić information content (AvgIpc) is 2.20. The largest absolute Gasteiger partial charge is 0.491 e. The van der Waals surface area contributed by atoms with E-state index in [0.717, 1.165) is 5.75 Å². The van der Waals surface area contributed by atoms with E-state index in [1.807, 2.05) is 40.0 Å². The van der Waals surface area contributed by atoms with E-state index in [0.29, 0.717) is 0 Å². The summed E-state index contributed by atoms with van der Waals surface area (Å²) < 4.78 is 5.59. The van der Waals surface area contributed by atoms with Gasteiger partial charge in [-0.25, -0.2) is 0 Å². The molecular formula is C13H22N2O. The zero-order valence-electron chi connectivity index (χ0n) is 10.5. The molecule has 0 saturated carbocycles. The van der Waals surface area contributed by atoms with Crippen molar-refractivity contribution in [1.29, 1.82) is 0 Å². The minimum Gasteiger partial charge on any atom is -0.491 e. The molecule has 0 aromatic heterocycles. The summed E-state index contributed by atoms with van der Waals surface area (Å²) >= 11 is 0. The standard InChI is InChI=1S/C13H22N2O/c1-9(2)16-12-7-5-11(6-8-12)13(15-4)10(3)14/h5-10,13,15H,14H2,1-4H3. The Morgan fingerprint density at radius 1 is 1.12 bits per heavy atom. The van der Waals surface area contributed by atoms with E-state index in [9.17, 15) is 0 Å². The second-order valence-electron chi connectivity index (χ2n) is 4.36. The fourth-order valence-corrected chi connectivity index (χ4v) is 1.76. The van der Waals surface area contributed by atoms with E-state index in [2.05, 4.69) is 17.4 Å². The molecule has 0 aliphatic heterocycles. The van der Waals surface area contributed by atoms with Crippen molar-refractivity contribution in [2.45, 2.75) is 39.0 Å². The molecule has 0 amide bonds. The molecule has 2 unspecified atom stereocenters. The maximum Gasteiger partial charge on any atom is 0.119 e. The van der Waals surface area contributed by atoms with Gasteiger partial charge in [-0.2, -0.15) is 0 Å². The quantitative estimate of drug-likeness (QED) is 0.802. The lowest BCUT2D eigenvalue weighted by Crippen LogP contribution is -2.33. The zero-order chi connectivity index (χ0) is 12.1. The Balaban J connectivity index is 2.77. The fraction of sp³-hybridized carbons (Fsp3) is 0.538. The van der Waals surface area contributed by atoms with Crippen LogP contribution < -0.4 is 15.8 Å². The minimum atomic E-state index is 0.0851. The van der Waals surface area contributed by atoms with Gasteiger partial charge < -0.3 is 15.8 Å². The number of likely N-dealkylation sites (N-methyl/N-ethyl adjacent to an activating group) is 1. The summed E-state index contributed by atoms with van der Waals surface area (Å²) in [7, 11) is 1.92. The van der Waals surface area contributed by atoms with E-state index in [1.165, 1.54) is 5.56 Å². The lowest BCUT2D eigenvalue weighted by Gasteiger charge is -2.21. The van der Waals surface area contributed by atoms with E-state index in [1.54, 1.807) is 0 Å². The Hall–Kier alpha value is -1.06. The molecule has 2 atom stereocenters. The van der Waals surface area contributed by atoms with Crippen molar-refractivity contribution in [3.63, 3.8) is 0 Å². The summed E-state index contributed by atoms with van der Waals surface area (Å²) in [5.41, 5.74) is 7.09. The topological polar surface area (TPSA) is 47.3 Å². The van der Waals surface area contributed by atoms with E-state index < -0.39 is 0 Å². The fourth-order valence-electron chi connectivity index (χ4n) is 1.76. The molecule has 0 radical (unpaired) electrons. The van der Waals surface area contributed by atoms with Crippen LogP contribution in [0.5, 0.6) is 5.75 Å². The SMILES string of the molecule is CNC(c1ccc(OC(C)C)cc1)C(C)N. The first kappa shape index (κ1) is 13.0. The molecule has 3 heteroatoms. The van der Waals surface area contributed by atoms with Crippen molar-refractivity contribution in [3.05, 3.63) is 29.8 Å². The molecule has 16 heavy (non-hydrogen) atoms. The van der Waals surface area contributed by atoms with E-state index in [-0.39, 0.29) is 18.2 Å². The molecular weight excluding hydrogens is 200 g/mol. The number of nitrogens with two attached hydrogens (primary N) is 1. The highest BCUT2D eigenvalue weighted by molar-refractivity contribution is 5.30. The number of rotatable bonds is 5. The highest BCUT2D eigenvalue weighted by Gasteiger charge is 2.13. The number of hydrogen-bond donors (Lipinski definition) is 2. The van der Waals surface area contributed by atoms with Gasteiger partial charge >= 0.3 is 0 Å². The maximum atomic E-state index is 5.90. The van der Waals surface area contributed by atoms with Crippen molar-refractivity contribution >= 4 is 0 Å². The second-order valence-corrected chi connectivity index (χ2v) is 4.36. The van der Waals surface area contributed by atoms with Gasteiger partial charge in [0.05, 0.1) is 6.10 Å². The molecule has 0 aliphatic rings. The summed E-state index contributed by atoms with van der Waals surface area (Å²) in [5, 5.41) is 3.21. The van der Waals surface area contributed by atoms with Gasteiger partial charge in [-0.3, -0.25) is 0 Å². The number of ether oxygens (including phenoxy) is 1. The van der Waals surface area contributed by atoms with Gasteiger partial charge in [0.15, 0.2) is 0 Å². The van der Waals surface area contributed by atoms with Gasteiger partial charge in [-0.05, 0) is 45.5 Å². The lowest BCUT2D eigenvalue weighted by molar-refractivity contribution is 0.242. The third-order valence-electron chi connectivity index (χ3n) is 2.45. The Morgan fingerprint density at radius 3 is 2.06 bits per heavy atom. The van der Waals surface area contributed by atoms with Crippen LogP contribution in [0.3, 0.4) is 0 Å². The molecule has 1 rings (SSSR count). The smallest absolute Gasteiger partial charge is 0.119 e. The molecule has 0 saturated heterocycles.